The van der Waals surface area contributed by atoms with Crippen LogP contribution in [0.1, 0.15) is 91.0 Å². The number of nitrogens with one attached hydrogen (secondary N) is 1. The van der Waals surface area contributed by atoms with E-state index in [-0.39, 0.29) is 57.4 Å². The van der Waals surface area contributed by atoms with Crippen molar-refractivity contribution in [3.8, 4) is 5.75 Å². The highest BCUT2D eigenvalue weighted by Gasteiger charge is 2.56. The summed E-state index contributed by atoms with van der Waals surface area (Å²) in [7, 11) is -3.97. The Morgan fingerprint density at radius 1 is 1.07 bits per heavy atom. The molecule has 0 saturated carbocycles. The number of alkyl halides is 6. The highest BCUT2D eigenvalue weighted by atomic mass is 35.5. The van der Waals surface area contributed by atoms with Crippen molar-refractivity contribution in [1.82, 2.24) is 19.5 Å². The van der Waals surface area contributed by atoms with Gasteiger partial charge >= 0.3 is 12.4 Å². The molecule has 2 aliphatic rings. The van der Waals surface area contributed by atoms with Crippen LogP contribution >= 0.6 is 22.9 Å². The number of hydrogen-bond acceptors (Lipinski definition) is 8. The van der Waals surface area contributed by atoms with Crippen molar-refractivity contribution >= 4 is 50.7 Å². The molecule has 1 unspecified atom stereocenters. The van der Waals surface area contributed by atoms with Gasteiger partial charge in [0.15, 0.2) is 5.72 Å². The average molecular weight is 837 g/mol. The van der Waals surface area contributed by atoms with E-state index in [0.29, 0.717) is 28.0 Å². The number of aromatic nitrogens is 1. The molecule has 0 aliphatic carbocycles. The molecule has 1 fully saturated rings. The second-order valence-electron chi connectivity index (χ2n) is 14.3. The maximum atomic E-state index is 15.2. The van der Waals surface area contributed by atoms with Crippen molar-refractivity contribution in [3.63, 3.8) is 0 Å². The van der Waals surface area contributed by atoms with Crippen LogP contribution in [-0.4, -0.2) is 66.0 Å². The molecule has 3 aromatic rings. The molecule has 300 valence electrons. The number of carbonyl (C=O) groups excluding carboxylic acids is 3. The minimum absolute atomic E-state index is 0.0296. The zero-order chi connectivity index (χ0) is 40.7. The van der Waals surface area contributed by atoms with E-state index in [1.165, 1.54) is 18.7 Å². The summed E-state index contributed by atoms with van der Waals surface area (Å²) in [6.45, 7) is 4.52. The number of pyridine rings is 1. The lowest BCUT2D eigenvalue weighted by Gasteiger charge is -2.52. The van der Waals surface area contributed by atoms with Crippen LogP contribution in [0.3, 0.4) is 0 Å². The van der Waals surface area contributed by atoms with Crippen LogP contribution in [0, 0.1) is 11.3 Å². The van der Waals surface area contributed by atoms with Crippen molar-refractivity contribution in [2.24, 2.45) is 11.3 Å². The lowest BCUT2D eigenvalue weighted by molar-refractivity contribution is -0.171. The fraction of sp³-hybridized carbons (Fsp3) is 0.500. The quantitative estimate of drug-likeness (QED) is 0.206. The van der Waals surface area contributed by atoms with Crippen LogP contribution in [0.5, 0.6) is 5.75 Å². The van der Waals surface area contributed by atoms with Gasteiger partial charge in [-0.05, 0) is 61.1 Å². The Morgan fingerprint density at radius 3 is 2.40 bits per heavy atom. The summed E-state index contributed by atoms with van der Waals surface area (Å²) in [5.74, 6) is -4.36. The highest BCUT2D eigenvalue weighted by molar-refractivity contribution is 7.89. The maximum absolute atomic E-state index is 15.2. The number of sulfonamides is 1. The van der Waals surface area contributed by atoms with E-state index in [1.54, 1.807) is 25.1 Å². The normalized spacial score (nSPS) is 20.9. The largest absolute Gasteiger partial charge is 0.466 e. The van der Waals surface area contributed by atoms with Gasteiger partial charge in [0.1, 0.15) is 16.3 Å². The Hall–Kier alpha value is -3.90. The van der Waals surface area contributed by atoms with Gasteiger partial charge in [0.25, 0.3) is 5.91 Å². The van der Waals surface area contributed by atoms with Gasteiger partial charge in [0.05, 0.1) is 23.8 Å². The highest BCUT2D eigenvalue weighted by Crippen LogP contribution is 2.47. The van der Waals surface area contributed by atoms with Crippen LogP contribution in [0.4, 0.5) is 26.3 Å². The molecule has 2 aliphatic heterocycles. The van der Waals surface area contributed by atoms with Crippen molar-refractivity contribution in [2.45, 2.75) is 83.4 Å². The van der Waals surface area contributed by atoms with Gasteiger partial charge in [0.2, 0.25) is 21.8 Å². The number of thiophene rings is 1. The zero-order valence-corrected chi connectivity index (χ0v) is 32.6. The SMILES string of the molecule is CCC[C@@]1(Oc2csc(C(F)(F)F)c2)[C@@H](C(=O)N2CCc3cc(Cl)ccc3C2CC(C)(C)C(=O)NS(C)(=O)=O)CCCN1C(=O)c1ncccc1C(F)(F)F. The molecule has 19 heteroatoms. The second-order valence-corrected chi connectivity index (χ2v) is 17.4. The number of amides is 3. The summed E-state index contributed by atoms with van der Waals surface area (Å²) in [6, 6.07) is 6.52. The number of nitrogens with zero attached hydrogens (tertiary/aromatic N) is 3. The van der Waals surface area contributed by atoms with Gasteiger partial charge in [-0.25, -0.2) is 8.42 Å². The van der Waals surface area contributed by atoms with Gasteiger partial charge in [-0.3, -0.25) is 29.0 Å². The smallest absolute Gasteiger partial charge is 0.425 e. The summed E-state index contributed by atoms with van der Waals surface area (Å²) < 4.78 is 116. The zero-order valence-electron chi connectivity index (χ0n) is 30.2. The monoisotopic (exact) mass is 836 g/mol. The van der Waals surface area contributed by atoms with Gasteiger partial charge < -0.3 is 9.64 Å². The van der Waals surface area contributed by atoms with E-state index >= 15 is 4.79 Å². The molecule has 2 aromatic heterocycles. The predicted molar refractivity (Wildman–Crippen MR) is 192 cm³/mol. The van der Waals surface area contributed by atoms with Gasteiger partial charge in [-0.2, -0.15) is 26.3 Å². The molecule has 0 bridgehead atoms. The fourth-order valence-corrected chi connectivity index (χ4v) is 8.88. The van der Waals surface area contributed by atoms with Crippen LogP contribution in [0.25, 0.3) is 0 Å². The number of rotatable bonds is 10. The third kappa shape index (κ3) is 9.06. The Kier molecular flexibility index (Phi) is 12.0. The predicted octanol–water partition coefficient (Wildman–Crippen LogP) is 7.88. The van der Waals surface area contributed by atoms with Crippen LogP contribution in [-0.2, 0) is 38.4 Å². The number of likely N-dealkylation sites (tertiary alicyclic amines) is 1. The van der Waals surface area contributed by atoms with Crippen molar-refractivity contribution in [1.29, 1.82) is 0 Å². The maximum Gasteiger partial charge on any atom is 0.425 e. The van der Waals surface area contributed by atoms with E-state index in [0.717, 1.165) is 40.4 Å². The number of ether oxygens (including phenoxy) is 1. The second kappa shape index (κ2) is 15.6. The first-order valence-corrected chi connectivity index (χ1v) is 20.4. The third-order valence-electron chi connectivity index (χ3n) is 9.83. The molecule has 0 spiro atoms. The summed E-state index contributed by atoms with van der Waals surface area (Å²) in [4.78, 5) is 48.0. The average Bonchev–Trinajstić information content (AvgIpc) is 3.56. The Morgan fingerprint density at radius 2 is 1.78 bits per heavy atom. The van der Waals surface area contributed by atoms with E-state index < -0.39 is 79.3 Å². The summed E-state index contributed by atoms with van der Waals surface area (Å²) in [5, 5.41) is 1.47. The lowest BCUT2D eigenvalue weighted by atomic mass is 9.77. The first-order chi connectivity index (χ1) is 25.5. The van der Waals surface area contributed by atoms with Crippen molar-refractivity contribution < 1.29 is 53.9 Å². The summed E-state index contributed by atoms with van der Waals surface area (Å²) in [6.07, 6.45) is -7.60. The first-order valence-electron chi connectivity index (χ1n) is 17.3. The van der Waals surface area contributed by atoms with E-state index in [9.17, 15) is 44.3 Å². The Balaban J connectivity index is 1.66. The van der Waals surface area contributed by atoms with Crippen molar-refractivity contribution in [3.05, 3.63) is 80.3 Å². The molecule has 55 heavy (non-hydrogen) atoms. The molecule has 10 nitrogen and oxygen atoms in total. The summed E-state index contributed by atoms with van der Waals surface area (Å²) >= 11 is 6.62. The van der Waals surface area contributed by atoms with Crippen molar-refractivity contribution in [2.75, 3.05) is 19.3 Å². The molecular formula is C36H39ClF6N4O6S2. The topological polar surface area (TPSA) is 126 Å². The lowest BCUT2D eigenvalue weighted by Crippen LogP contribution is -2.66. The minimum atomic E-state index is -5.00. The number of halogens is 7. The molecule has 1 aromatic carbocycles. The number of carbonyl (C=O) groups is 3. The fourth-order valence-electron chi connectivity index (χ4n) is 7.40. The van der Waals surface area contributed by atoms with Gasteiger partial charge in [-0.15, -0.1) is 11.3 Å². The van der Waals surface area contributed by atoms with E-state index in [2.05, 4.69) is 4.98 Å². The Bertz CT molecular complexity index is 2060. The molecule has 0 radical (unpaired) electrons. The molecule has 1 N–H and O–H groups in total. The third-order valence-corrected chi connectivity index (χ3v) is 11.6. The first kappa shape index (κ1) is 42.2. The molecule has 4 heterocycles. The standard InChI is InChI=1S/C36H39ClF6N4O6S2/c1-5-13-34(53-23-18-28(54-20-23)36(41,42)43)26(9-7-15-47(34)31(49)29-25(35(38,39)40)8-6-14-44-29)30(48)46-16-12-21-17-22(37)10-11-24(21)27(46)19-33(2,3)32(50)45-55(4,51)52/h6,8,10-11,14,17-18,20,26-27H,5,7,9,12-13,15-16,19H2,1-4H3,(H,45,50)/t26-,27?,34-/m1/s1. The van der Waals surface area contributed by atoms with Crippen LogP contribution in [0.15, 0.2) is 48.0 Å². The van der Waals surface area contributed by atoms with Crippen LogP contribution < -0.4 is 9.46 Å². The molecular weight excluding hydrogens is 798 g/mol. The van der Waals surface area contributed by atoms with E-state index in [4.69, 9.17) is 16.3 Å². The number of hydrogen-bond donors (Lipinski definition) is 1. The minimum Gasteiger partial charge on any atom is -0.466 e. The molecule has 3 amide bonds. The van der Waals surface area contributed by atoms with Crippen LogP contribution in [0.2, 0.25) is 5.02 Å². The number of fused-ring (bicyclic) bond motifs is 1. The Labute approximate surface area is 323 Å². The molecule has 5 rings (SSSR count). The summed E-state index contributed by atoms with van der Waals surface area (Å²) in [5.41, 5.74) is -4.44. The number of benzene rings is 1. The van der Waals surface area contributed by atoms with E-state index in [1.807, 2.05) is 4.72 Å². The van der Waals surface area contributed by atoms with Gasteiger partial charge in [-0.1, -0.05) is 44.9 Å². The molecule has 3 atom stereocenters. The van der Waals surface area contributed by atoms with Gasteiger partial charge in [0, 0.05) is 47.6 Å². The number of piperidine rings is 1. The molecule has 1 saturated heterocycles.